The molecule has 0 radical (unpaired) electrons. The van der Waals surface area contributed by atoms with Crippen molar-refractivity contribution in [1.29, 1.82) is 0 Å². The largest absolute Gasteiger partial charge is 0.358 e. The van der Waals surface area contributed by atoms with E-state index in [-0.39, 0.29) is 5.54 Å². The molecule has 2 aliphatic carbocycles. The first-order chi connectivity index (χ1) is 13.3. The molecule has 2 aliphatic heterocycles. The van der Waals surface area contributed by atoms with Gasteiger partial charge in [-0.05, 0) is 49.7 Å². The first-order valence-corrected chi connectivity index (χ1v) is 11.4. The summed E-state index contributed by atoms with van der Waals surface area (Å²) < 4.78 is 0. The Balaban J connectivity index is 1.27. The fraction of sp³-hybridized carbons (Fsp3) is 0.708. The highest BCUT2D eigenvalue weighted by atomic mass is 16.1. The van der Waals surface area contributed by atoms with Crippen molar-refractivity contribution in [2.45, 2.75) is 75.8 Å². The summed E-state index contributed by atoms with van der Waals surface area (Å²) in [5.41, 5.74) is 1.01. The predicted molar refractivity (Wildman–Crippen MR) is 110 cm³/mol. The lowest BCUT2D eigenvalue weighted by molar-refractivity contribution is -0.123. The van der Waals surface area contributed by atoms with Crippen LogP contribution >= 0.6 is 0 Å². The standard InChI is InChI=1S/C24H34N2O/c27-23-11-14-26(21-9-5-2-6-10-21)24(23)12-15-25(16-13-24)22-17-19-7-3-1-4-8-20(19)18-22/h2,5-6,9-10,19-20,22H,1,3-4,7-8,11-18H2. The third kappa shape index (κ3) is 3.12. The number of carbonyl (C=O) groups excluding carboxylic acids is 1. The molecule has 1 spiro atoms. The normalized spacial score (nSPS) is 34.0. The summed E-state index contributed by atoms with van der Waals surface area (Å²) in [7, 11) is 0. The van der Waals surface area contributed by atoms with Crippen LogP contribution in [0.5, 0.6) is 0 Å². The minimum atomic E-state index is -0.222. The van der Waals surface area contributed by atoms with E-state index in [9.17, 15) is 4.79 Å². The molecule has 146 valence electrons. The van der Waals surface area contributed by atoms with Crippen LogP contribution in [0.2, 0.25) is 0 Å². The zero-order valence-electron chi connectivity index (χ0n) is 16.6. The minimum absolute atomic E-state index is 0.222. The van der Waals surface area contributed by atoms with Crippen molar-refractivity contribution in [2.24, 2.45) is 11.8 Å². The number of carbonyl (C=O) groups is 1. The van der Waals surface area contributed by atoms with Gasteiger partial charge in [-0.25, -0.2) is 0 Å². The van der Waals surface area contributed by atoms with Crippen molar-refractivity contribution >= 4 is 11.5 Å². The van der Waals surface area contributed by atoms with E-state index in [2.05, 4.69) is 40.1 Å². The Morgan fingerprint density at radius 2 is 1.52 bits per heavy atom. The number of fused-ring (bicyclic) bond motifs is 1. The van der Waals surface area contributed by atoms with Gasteiger partial charge in [0.25, 0.3) is 0 Å². The number of hydrogen-bond donors (Lipinski definition) is 0. The molecule has 2 saturated carbocycles. The molecular formula is C24H34N2O. The lowest BCUT2D eigenvalue weighted by Gasteiger charge is -2.46. The van der Waals surface area contributed by atoms with E-state index < -0.39 is 0 Å². The first kappa shape index (κ1) is 17.7. The number of nitrogens with zero attached hydrogens (tertiary/aromatic N) is 2. The van der Waals surface area contributed by atoms with Gasteiger partial charge in [0, 0.05) is 37.8 Å². The van der Waals surface area contributed by atoms with Crippen molar-refractivity contribution in [2.75, 3.05) is 24.5 Å². The molecule has 0 aromatic heterocycles. The van der Waals surface area contributed by atoms with Gasteiger partial charge in [0.2, 0.25) is 0 Å². The Morgan fingerprint density at radius 1 is 0.852 bits per heavy atom. The van der Waals surface area contributed by atoms with Crippen LogP contribution in [-0.2, 0) is 4.79 Å². The second-order valence-corrected chi connectivity index (χ2v) is 9.51. The van der Waals surface area contributed by atoms with Crippen molar-refractivity contribution in [3.63, 3.8) is 0 Å². The molecule has 2 heterocycles. The first-order valence-electron chi connectivity index (χ1n) is 11.4. The molecule has 1 aromatic rings. The Kier molecular flexibility index (Phi) is 4.75. The molecule has 0 amide bonds. The third-order valence-electron chi connectivity index (χ3n) is 8.27. The van der Waals surface area contributed by atoms with Gasteiger partial charge in [-0.2, -0.15) is 0 Å². The molecule has 4 aliphatic rings. The third-order valence-corrected chi connectivity index (χ3v) is 8.27. The molecule has 2 saturated heterocycles. The minimum Gasteiger partial charge on any atom is -0.358 e. The molecule has 0 bridgehead atoms. The smallest absolute Gasteiger partial charge is 0.160 e. The zero-order chi connectivity index (χ0) is 18.3. The zero-order valence-corrected chi connectivity index (χ0v) is 16.6. The molecule has 2 unspecified atom stereocenters. The van der Waals surface area contributed by atoms with Crippen molar-refractivity contribution in [1.82, 2.24) is 4.90 Å². The van der Waals surface area contributed by atoms with Crippen LogP contribution in [0.1, 0.15) is 64.2 Å². The lowest BCUT2D eigenvalue weighted by atomic mass is 9.83. The second kappa shape index (κ2) is 7.24. The SMILES string of the molecule is O=C1CCN(c2ccccc2)C12CCN(C1CC3CCCCCC3C1)CC2. The summed E-state index contributed by atoms with van der Waals surface area (Å²) in [6, 6.07) is 11.4. The molecular weight excluding hydrogens is 332 g/mol. The van der Waals surface area contributed by atoms with Crippen LogP contribution in [0.3, 0.4) is 0 Å². The molecule has 2 atom stereocenters. The van der Waals surface area contributed by atoms with E-state index in [4.69, 9.17) is 0 Å². The monoisotopic (exact) mass is 366 g/mol. The number of ketones is 1. The van der Waals surface area contributed by atoms with E-state index in [1.54, 1.807) is 0 Å². The fourth-order valence-corrected chi connectivity index (χ4v) is 6.78. The maximum atomic E-state index is 12.9. The number of anilines is 1. The molecule has 4 fully saturated rings. The van der Waals surface area contributed by atoms with Gasteiger partial charge in [0.05, 0.1) is 0 Å². The van der Waals surface area contributed by atoms with Gasteiger partial charge < -0.3 is 9.80 Å². The molecule has 0 N–H and O–H groups in total. The van der Waals surface area contributed by atoms with Crippen LogP contribution in [-0.4, -0.2) is 41.9 Å². The maximum Gasteiger partial charge on any atom is 0.160 e. The van der Waals surface area contributed by atoms with Gasteiger partial charge in [-0.1, -0.05) is 50.3 Å². The van der Waals surface area contributed by atoms with Crippen LogP contribution < -0.4 is 4.90 Å². The average Bonchev–Trinajstić information content (AvgIpc) is 3.17. The molecule has 3 nitrogen and oxygen atoms in total. The second-order valence-electron chi connectivity index (χ2n) is 9.51. The summed E-state index contributed by atoms with van der Waals surface area (Å²) in [5.74, 6) is 2.47. The van der Waals surface area contributed by atoms with Gasteiger partial charge in [0.1, 0.15) is 5.54 Å². The predicted octanol–water partition coefficient (Wildman–Crippen LogP) is 4.66. The number of likely N-dealkylation sites (tertiary alicyclic amines) is 1. The number of Topliss-reactive ketones (excluding diaryl/α,β-unsaturated/α-hetero) is 1. The summed E-state index contributed by atoms with van der Waals surface area (Å²) >= 11 is 0. The Labute approximate surface area is 164 Å². The highest BCUT2D eigenvalue weighted by Gasteiger charge is 2.51. The van der Waals surface area contributed by atoms with Gasteiger partial charge in [-0.15, -0.1) is 0 Å². The highest BCUT2D eigenvalue weighted by molar-refractivity contribution is 5.95. The van der Waals surface area contributed by atoms with E-state index in [0.29, 0.717) is 5.78 Å². The Morgan fingerprint density at radius 3 is 2.19 bits per heavy atom. The van der Waals surface area contributed by atoms with E-state index >= 15 is 0 Å². The maximum absolute atomic E-state index is 12.9. The molecule has 5 rings (SSSR count). The summed E-state index contributed by atoms with van der Waals surface area (Å²) in [6.45, 7) is 3.12. The number of para-hydroxylation sites is 1. The molecule has 27 heavy (non-hydrogen) atoms. The summed E-state index contributed by atoms with van der Waals surface area (Å²) in [5, 5.41) is 0. The van der Waals surface area contributed by atoms with Crippen LogP contribution in [0.15, 0.2) is 30.3 Å². The highest BCUT2D eigenvalue weighted by Crippen LogP contribution is 2.45. The van der Waals surface area contributed by atoms with Crippen molar-refractivity contribution < 1.29 is 4.79 Å². The topological polar surface area (TPSA) is 23.6 Å². The Hall–Kier alpha value is -1.35. The number of hydrogen-bond acceptors (Lipinski definition) is 3. The van der Waals surface area contributed by atoms with Crippen molar-refractivity contribution in [3.8, 4) is 0 Å². The van der Waals surface area contributed by atoms with E-state index in [1.807, 2.05) is 0 Å². The van der Waals surface area contributed by atoms with Crippen molar-refractivity contribution in [3.05, 3.63) is 30.3 Å². The molecule has 1 aromatic carbocycles. The quantitative estimate of drug-likeness (QED) is 0.760. The number of piperidine rings is 1. The molecule has 3 heteroatoms. The van der Waals surface area contributed by atoms with E-state index in [0.717, 1.165) is 56.8 Å². The van der Waals surface area contributed by atoms with Crippen LogP contribution in [0, 0.1) is 11.8 Å². The fourth-order valence-electron chi connectivity index (χ4n) is 6.78. The summed E-state index contributed by atoms with van der Waals surface area (Å²) in [6.07, 6.45) is 12.9. The lowest BCUT2D eigenvalue weighted by Crippen LogP contribution is -2.57. The van der Waals surface area contributed by atoms with Gasteiger partial charge in [-0.3, -0.25) is 4.79 Å². The Bertz CT molecular complexity index is 650. The van der Waals surface area contributed by atoms with Crippen LogP contribution in [0.4, 0.5) is 5.69 Å². The van der Waals surface area contributed by atoms with Crippen LogP contribution in [0.25, 0.3) is 0 Å². The average molecular weight is 367 g/mol. The summed E-state index contributed by atoms with van der Waals surface area (Å²) in [4.78, 5) is 18.1. The number of rotatable bonds is 2. The number of benzene rings is 1. The van der Waals surface area contributed by atoms with Gasteiger partial charge in [0.15, 0.2) is 5.78 Å². The van der Waals surface area contributed by atoms with E-state index in [1.165, 1.54) is 50.6 Å². The van der Waals surface area contributed by atoms with Gasteiger partial charge >= 0.3 is 0 Å².